The van der Waals surface area contributed by atoms with Crippen molar-refractivity contribution in [3.63, 3.8) is 0 Å². The summed E-state index contributed by atoms with van der Waals surface area (Å²) in [5.41, 5.74) is 4.73. The molecule has 6 aromatic rings. The van der Waals surface area contributed by atoms with Crippen LogP contribution in [0.5, 0.6) is 11.5 Å². The molecule has 0 aliphatic carbocycles. The topological polar surface area (TPSA) is 116 Å². The number of aliphatic hydroxyl groups is 1. The van der Waals surface area contributed by atoms with E-state index in [1.807, 2.05) is 134 Å². The van der Waals surface area contributed by atoms with Crippen LogP contribution in [0, 0.1) is 6.92 Å². The number of aryl methyl sites for hydroxylation is 1. The van der Waals surface area contributed by atoms with E-state index >= 15 is 0 Å². The summed E-state index contributed by atoms with van der Waals surface area (Å²) in [6.45, 7) is 2.12. The van der Waals surface area contributed by atoms with Gasteiger partial charge in [-0.25, -0.2) is 19.9 Å². The van der Waals surface area contributed by atoms with Crippen molar-refractivity contribution in [1.82, 2.24) is 24.4 Å². The van der Waals surface area contributed by atoms with Crippen LogP contribution < -0.4 is 9.47 Å². The van der Waals surface area contributed by atoms with Crippen LogP contribution in [0.1, 0.15) is 34.9 Å². The third-order valence-corrected chi connectivity index (χ3v) is 9.31. The lowest BCUT2D eigenvalue weighted by atomic mass is 9.80. The molecule has 0 saturated carbocycles. The van der Waals surface area contributed by atoms with Gasteiger partial charge in [0.2, 0.25) is 0 Å². The van der Waals surface area contributed by atoms with Gasteiger partial charge in [-0.15, -0.1) is 0 Å². The summed E-state index contributed by atoms with van der Waals surface area (Å²) < 4.78 is 26.8. The highest BCUT2D eigenvalue weighted by molar-refractivity contribution is 5.86. The van der Waals surface area contributed by atoms with E-state index in [1.165, 1.54) is 6.33 Å². The number of imidazole rings is 1. The van der Waals surface area contributed by atoms with Gasteiger partial charge in [0.15, 0.2) is 17.0 Å². The van der Waals surface area contributed by atoms with Gasteiger partial charge in [-0.05, 0) is 47.9 Å². The summed E-state index contributed by atoms with van der Waals surface area (Å²) in [5.74, 6) is 2.55. The monoisotopic (exact) mass is 698 g/mol. The summed E-state index contributed by atoms with van der Waals surface area (Å²) in [7, 11) is 7.08. The van der Waals surface area contributed by atoms with E-state index in [4.69, 9.17) is 23.9 Å². The average Bonchev–Trinajstić information content (AvgIpc) is 3.75. The molecule has 11 nitrogen and oxygen atoms in total. The summed E-state index contributed by atoms with van der Waals surface area (Å²) in [5, 5.41) is 11.6. The van der Waals surface area contributed by atoms with E-state index in [-0.39, 0.29) is 6.61 Å². The molecule has 0 spiro atoms. The van der Waals surface area contributed by atoms with Crippen LogP contribution in [0.4, 0.5) is 5.82 Å². The van der Waals surface area contributed by atoms with Crippen LogP contribution in [0.25, 0.3) is 22.6 Å². The zero-order chi connectivity index (χ0) is 36.2. The summed E-state index contributed by atoms with van der Waals surface area (Å²) in [6.07, 6.45) is 1.33. The van der Waals surface area contributed by atoms with Gasteiger partial charge in [0, 0.05) is 26.1 Å². The fourth-order valence-corrected chi connectivity index (χ4v) is 6.65. The van der Waals surface area contributed by atoms with Crippen molar-refractivity contribution in [2.45, 2.75) is 37.4 Å². The first kappa shape index (κ1) is 34.8. The van der Waals surface area contributed by atoms with Crippen LogP contribution in [0.15, 0.2) is 114 Å². The van der Waals surface area contributed by atoms with Crippen LogP contribution in [0.3, 0.4) is 0 Å². The minimum Gasteiger partial charge on any atom is -0.497 e. The number of benzene rings is 4. The summed E-state index contributed by atoms with van der Waals surface area (Å²) >= 11 is 0. The molecule has 11 heteroatoms. The number of fused-ring (bicyclic) bond motifs is 1. The number of aromatic nitrogens is 4. The molecule has 52 heavy (non-hydrogen) atoms. The molecule has 1 N–H and O–H groups in total. The molecule has 0 bridgehead atoms. The van der Waals surface area contributed by atoms with Gasteiger partial charge in [0.1, 0.15) is 41.6 Å². The molecule has 0 radical (unpaired) electrons. The highest BCUT2D eigenvalue weighted by Gasteiger charge is 2.43. The number of aliphatic hydroxyl groups excluding tert-OH is 1. The van der Waals surface area contributed by atoms with Gasteiger partial charge in [-0.3, -0.25) is 4.57 Å². The second-order valence-corrected chi connectivity index (χ2v) is 13.0. The first-order chi connectivity index (χ1) is 25.3. The lowest BCUT2D eigenvalue weighted by Crippen LogP contribution is -2.38. The van der Waals surface area contributed by atoms with Gasteiger partial charge in [-0.2, -0.15) is 0 Å². The molecule has 3 atom stereocenters. The third-order valence-electron chi connectivity index (χ3n) is 9.31. The fourth-order valence-electron chi connectivity index (χ4n) is 6.65. The largest absolute Gasteiger partial charge is 0.497 e. The van der Waals surface area contributed by atoms with E-state index in [2.05, 4.69) is 15.0 Å². The van der Waals surface area contributed by atoms with Crippen molar-refractivity contribution in [2.75, 3.05) is 34.9 Å². The van der Waals surface area contributed by atoms with Gasteiger partial charge >= 0.3 is 0 Å². The molecule has 1 fully saturated rings. The molecule has 3 heterocycles. The number of ether oxygens (including phenoxy) is 4. The van der Waals surface area contributed by atoms with Gasteiger partial charge in [0.05, 0.1) is 33.3 Å². The minimum absolute atomic E-state index is 0.0739. The minimum atomic E-state index is -1.07. The van der Waals surface area contributed by atoms with Gasteiger partial charge in [0.25, 0.3) is 0 Å². The molecule has 7 rings (SSSR count). The molecular formula is C41H42N6O5. The Labute approximate surface area is 303 Å². The Kier molecular flexibility index (Phi) is 9.99. The van der Waals surface area contributed by atoms with Crippen molar-refractivity contribution < 1.29 is 24.1 Å². The first-order valence-electron chi connectivity index (χ1n) is 17.1. The summed E-state index contributed by atoms with van der Waals surface area (Å²) in [6, 6.07) is 33.9. The van der Waals surface area contributed by atoms with E-state index in [9.17, 15) is 5.11 Å². The zero-order valence-corrected chi connectivity index (χ0v) is 29.9. The predicted octanol–water partition coefficient (Wildman–Crippen LogP) is 6.70. The second-order valence-electron chi connectivity index (χ2n) is 13.0. The smallest absolute Gasteiger partial charge is 0.185 e. The van der Waals surface area contributed by atoms with E-state index < -0.39 is 24.0 Å². The third kappa shape index (κ3) is 6.73. The normalized spacial score (nSPS) is 17.5. The number of hydrogen-bond donors (Lipinski definition) is 1. The Hall–Kier alpha value is -5.62. The lowest BCUT2D eigenvalue weighted by Gasteiger charge is -2.37. The van der Waals surface area contributed by atoms with Crippen LogP contribution in [-0.2, 0) is 15.1 Å². The van der Waals surface area contributed by atoms with E-state index in [0.29, 0.717) is 29.2 Å². The molecule has 0 amide bonds. The quantitative estimate of drug-likeness (QED) is 0.0847. The molecule has 0 unspecified atom stereocenters. The Morgan fingerprint density at radius 2 is 1.48 bits per heavy atom. The molecular weight excluding hydrogens is 656 g/mol. The maximum Gasteiger partial charge on any atom is 0.185 e. The average molecular weight is 699 g/mol. The van der Waals surface area contributed by atoms with Crippen molar-refractivity contribution in [2.24, 2.45) is 4.99 Å². The predicted molar refractivity (Wildman–Crippen MR) is 200 cm³/mol. The van der Waals surface area contributed by atoms with Crippen LogP contribution in [-0.4, -0.2) is 83.0 Å². The molecule has 266 valence electrons. The van der Waals surface area contributed by atoms with Crippen molar-refractivity contribution in [3.8, 4) is 22.9 Å². The maximum atomic E-state index is 11.6. The number of aliphatic imine (C=N–C) groups is 1. The van der Waals surface area contributed by atoms with E-state index in [1.54, 1.807) is 20.6 Å². The Balaban J connectivity index is 1.28. The van der Waals surface area contributed by atoms with Crippen molar-refractivity contribution >= 4 is 23.3 Å². The number of methoxy groups -OCH3 is 2. The zero-order valence-electron chi connectivity index (χ0n) is 29.9. The Bertz CT molecular complexity index is 2090. The maximum absolute atomic E-state index is 11.6. The van der Waals surface area contributed by atoms with Crippen molar-refractivity contribution in [1.29, 1.82) is 0 Å². The van der Waals surface area contributed by atoms with Crippen molar-refractivity contribution in [3.05, 3.63) is 132 Å². The standard InChI is InChI=1S/C41H42N6O5/c1-27-11-13-28(14-12-27)39-45-37-38(44-26-46(2)3)42-25-43-40(37)47(39)36-23-34(48)35(52-36)24-51-41(29-9-7-6-8-10-29,30-15-19-32(49-4)20-16-30)31-17-21-33(50-5)22-18-31/h6-22,25-26,34-36,48H,23-24H2,1-5H3/t34-,35+,36+/m0/s1. The second kappa shape index (κ2) is 14.9. The molecule has 1 saturated heterocycles. The SMILES string of the molecule is COc1ccc(C(OC[C@H]2O[C@@H](n3c(-c4ccc(C)cc4)nc4c(N=CN(C)C)ncnc43)C[C@@H]2O)(c2ccccc2)c2ccc(OC)cc2)cc1. The van der Waals surface area contributed by atoms with Gasteiger partial charge < -0.3 is 29.0 Å². The molecule has 4 aromatic carbocycles. The number of hydrogen-bond acceptors (Lipinski definition) is 9. The lowest BCUT2D eigenvalue weighted by molar-refractivity contribution is -0.0928. The molecule has 2 aromatic heterocycles. The Morgan fingerprint density at radius 1 is 0.865 bits per heavy atom. The Morgan fingerprint density at radius 3 is 2.08 bits per heavy atom. The number of nitrogens with zero attached hydrogens (tertiary/aromatic N) is 6. The molecule has 1 aliphatic heterocycles. The number of rotatable bonds is 12. The highest BCUT2D eigenvalue weighted by atomic mass is 16.6. The molecule has 1 aliphatic rings. The van der Waals surface area contributed by atoms with E-state index in [0.717, 1.165) is 39.3 Å². The fraction of sp³-hybridized carbons (Fsp3) is 0.268. The van der Waals surface area contributed by atoms with Crippen LogP contribution in [0.2, 0.25) is 0 Å². The highest BCUT2D eigenvalue weighted by Crippen LogP contribution is 2.43. The van der Waals surface area contributed by atoms with Crippen LogP contribution >= 0.6 is 0 Å². The first-order valence-corrected chi connectivity index (χ1v) is 17.1. The summed E-state index contributed by atoms with van der Waals surface area (Å²) in [4.78, 5) is 20.5. The van der Waals surface area contributed by atoms with Gasteiger partial charge in [-0.1, -0.05) is 84.4 Å².